The molecule has 0 aliphatic carbocycles. The summed E-state index contributed by atoms with van der Waals surface area (Å²) in [7, 11) is -3.59. The summed E-state index contributed by atoms with van der Waals surface area (Å²) in [5, 5.41) is 2.04. The second-order valence-electron chi connectivity index (χ2n) is 8.09. The van der Waals surface area contributed by atoms with Crippen molar-refractivity contribution in [1.29, 1.82) is 0 Å². The van der Waals surface area contributed by atoms with Crippen LogP contribution in [0.3, 0.4) is 0 Å². The molecular weight excluding hydrogens is 456 g/mol. The maximum absolute atomic E-state index is 13.5. The Morgan fingerprint density at radius 3 is 2.36 bits per heavy atom. The van der Waals surface area contributed by atoms with Crippen molar-refractivity contribution in [3.63, 3.8) is 0 Å². The third-order valence-corrected chi connectivity index (χ3v) is 8.59. The summed E-state index contributed by atoms with van der Waals surface area (Å²) >= 11 is 1.68. The minimum atomic E-state index is -3.59. The molecule has 0 saturated carbocycles. The maximum Gasteiger partial charge on any atom is 0.254 e. The molecule has 6 nitrogen and oxygen atoms in total. The van der Waals surface area contributed by atoms with Crippen molar-refractivity contribution in [1.82, 2.24) is 9.21 Å². The monoisotopic (exact) mass is 484 g/mol. The lowest BCUT2D eigenvalue weighted by Crippen LogP contribution is -2.40. The average Bonchev–Trinajstić information content (AvgIpc) is 3.36. The Balaban J connectivity index is 1.55. The number of morpholine rings is 1. The Morgan fingerprint density at radius 2 is 1.73 bits per heavy atom. The highest BCUT2D eigenvalue weighted by atomic mass is 32.2. The predicted molar refractivity (Wildman–Crippen MR) is 130 cm³/mol. The second-order valence-corrected chi connectivity index (χ2v) is 11.1. The van der Waals surface area contributed by atoms with Crippen LogP contribution < -0.4 is 0 Å². The lowest BCUT2D eigenvalue weighted by molar-refractivity contribution is 0.0676. The van der Waals surface area contributed by atoms with Gasteiger partial charge in [-0.25, -0.2) is 8.42 Å². The molecule has 1 amide bonds. The molecule has 3 aromatic rings. The molecule has 0 radical (unpaired) electrons. The molecule has 0 unspecified atom stereocenters. The molecule has 1 saturated heterocycles. The molecule has 8 heteroatoms. The first-order valence-electron chi connectivity index (χ1n) is 11.0. The topological polar surface area (TPSA) is 66.9 Å². The average molecular weight is 485 g/mol. The Kier molecular flexibility index (Phi) is 7.60. The van der Waals surface area contributed by atoms with Crippen molar-refractivity contribution in [2.45, 2.75) is 30.8 Å². The van der Waals surface area contributed by atoms with E-state index in [1.807, 2.05) is 46.7 Å². The van der Waals surface area contributed by atoms with Crippen LogP contribution in [-0.4, -0.2) is 55.9 Å². The second kappa shape index (κ2) is 10.6. The quantitative estimate of drug-likeness (QED) is 0.484. The van der Waals surface area contributed by atoms with E-state index in [2.05, 4.69) is 13.0 Å². The first-order valence-corrected chi connectivity index (χ1v) is 13.3. The minimum absolute atomic E-state index is 0.0203. The molecule has 1 aliphatic heterocycles. The van der Waals surface area contributed by atoms with E-state index < -0.39 is 10.0 Å². The zero-order valence-electron chi connectivity index (χ0n) is 18.6. The first-order chi connectivity index (χ1) is 15.9. The van der Waals surface area contributed by atoms with Crippen LogP contribution in [0.5, 0.6) is 0 Å². The van der Waals surface area contributed by atoms with E-state index in [1.54, 1.807) is 23.5 Å². The fourth-order valence-corrected chi connectivity index (χ4v) is 6.14. The van der Waals surface area contributed by atoms with Crippen molar-refractivity contribution >= 4 is 27.3 Å². The van der Waals surface area contributed by atoms with Gasteiger partial charge in [0.2, 0.25) is 10.0 Å². The number of amides is 1. The largest absolute Gasteiger partial charge is 0.379 e. The number of sulfonamides is 1. The molecular formula is C25H28N2O4S2. The van der Waals surface area contributed by atoms with Crippen molar-refractivity contribution in [3.8, 4) is 0 Å². The van der Waals surface area contributed by atoms with E-state index in [4.69, 9.17) is 4.74 Å². The third-order valence-electron chi connectivity index (χ3n) is 5.77. The van der Waals surface area contributed by atoms with Gasteiger partial charge in [-0.15, -0.1) is 11.3 Å². The van der Waals surface area contributed by atoms with Crippen LogP contribution in [0.15, 0.2) is 77.0 Å². The van der Waals surface area contributed by atoms with E-state index in [0.717, 1.165) is 12.0 Å². The molecule has 2 aromatic carbocycles. The van der Waals surface area contributed by atoms with Crippen LogP contribution in [0, 0.1) is 0 Å². The van der Waals surface area contributed by atoms with E-state index in [-0.39, 0.29) is 16.8 Å². The number of benzene rings is 2. The number of rotatable bonds is 8. The number of thiophene rings is 1. The smallest absolute Gasteiger partial charge is 0.254 e. The van der Waals surface area contributed by atoms with Gasteiger partial charge in [-0.05, 0) is 48.2 Å². The fraction of sp³-hybridized carbons (Fsp3) is 0.320. The molecule has 0 spiro atoms. The van der Waals surface area contributed by atoms with Crippen molar-refractivity contribution in [3.05, 3.63) is 88.1 Å². The number of carbonyl (C=O) groups is 1. The van der Waals surface area contributed by atoms with Gasteiger partial charge in [0.15, 0.2) is 0 Å². The molecule has 1 aliphatic rings. The van der Waals surface area contributed by atoms with Crippen LogP contribution in [0.4, 0.5) is 0 Å². The summed E-state index contributed by atoms with van der Waals surface area (Å²) in [6, 6.07) is 20.3. The minimum Gasteiger partial charge on any atom is -0.379 e. The Bertz CT molecular complexity index is 1140. The summed E-state index contributed by atoms with van der Waals surface area (Å²) < 4.78 is 32.5. The molecule has 1 fully saturated rings. The van der Waals surface area contributed by atoms with Crippen molar-refractivity contribution < 1.29 is 17.9 Å². The number of ether oxygens (including phenoxy) is 1. The molecule has 2 heterocycles. The summed E-state index contributed by atoms with van der Waals surface area (Å²) in [5.74, 6) is -0.113. The van der Waals surface area contributed by atoms with Crippen LogP contribution in [0.25, 0.3) is 0 Å². The van der Waals surface area contributed by atoms with Gasteiger partial charge in [0.05, 0.1) is 18.1 Å². The SMILES string of the molecule is C[C@H](Cc1cccs1)N(Cc1ccccc1)C(=O)c1ccc(S(=O)(=O)N2CCOCC2)cc1. The van der Waals surface area contributed by atoms with Crippen molar-refractivity contribution in [2.24, 2.45) is 0 Å². The molecule has 1 atom stereocenters. The van der Waals surface area contributed by atoms with Gasteiger partial charge in [0.1, 0.15) is 0 Å². The normalized spacial score (nSPS) is 15.8. The van der Waals surface area contributed by atoms with Crippen LogP contribution >= 0.6 is 11.3 Å². The predicted octanol–water partition coefficient (Wildman–Crippen LogP) is 4.04. The Morgan fingerprint density at radius 1 is 1.03 bits per heavy atom. The van der Waals surface area contributed by atoms with E-state index in [1.165, 1.54) is 21.3 Å². The van der Waals surface area contributed by atoms with E-state index in [9.17, 15) is 13.2 Å². The Labute approximate surface area is 199 Å². The summed E-state index contributed by atoms with van der Waals surface area (Å²) in [4.78, 5) is 16.8. The van der Waals surface area contributed by atoms with Crippen LogP contribution in [0.2, 0.25) is 0 Å². The van der Waals surface area contributed by atoms with Gasteiger partial charge in [-0.1, -0.05) is 36.4 Å². The molecule has 1 aromatic heterocycles. The zero-order chi connectivity index (χ0) is 23.3. The van der Waals surface area contributed by atoms with Gasteiger partial charge in [0, 0.05) is 42.5 Å². The number of carbonyl (C=O) groups excluding carboxylic acids is 1. The van der Waals surface area contributed by atoms with Gasteiger partial charge in [-0.2, -0.15) is 4.31 Å². The van der Waals surface area contributed by atoms with Gasteiger partial charge in [0.25, 0.3) is 5.91 Å². The zero-order valence-corrected chi connectivity index (χ0v) is 20.2. The van der Waals surface area contributed by atoms with Gasteiger partial charge < -0.3 is 9.64 Å². The lowest BCUT2D eigenvalue weighted by atomic mass is 10.1. The molecule has 0 bridgehead atoms. The molecule has 0 N–H and O–H groups in total. The third kappa shape index (κ3) is 5.70. The number of nitrogens with zero attached hydrogens (tertiary/aromatic N) is 2. The van der Waals surface area contributed by atoms with Gasteiger partial charge in [-0.3, -0.25) is 4.79 Å². The summed E-state index contributed by atoms with van der Waals surface area (Å²) in [6.45, 7) is 4.01. The highest BCUT2D eigenvalue weighted by molar-refractivity contribution is 7.89. The van der Waals surface area contributed by atoms with E-state index in [0.29, 0.717) is 38.4 Å². The summed E-state index contributed by atoms with van der Waals surface area (Å²) in [6.07, 6.45) is 0.764. The molecule has 4 rings (SSSR count). The number of hydrogen-bond donors (Lipinski definition) is 0. The number of hydrogen-bond acceptors (Lipinski definition) is 5. The highest BCUT2D eigenvalue weighted by Crippen LogP contribution is 2.22. The van der Waals surface area contributed by atoms with Gasteiger partial charge >= 0.3 is 0 Å². The Hall–Kier alpha value is -2.52. The standard InChI is InChI=1S/C25H28N2O4S2/c1-20(18-23-8-5-17-32-23)27(19-21-6-3-2-4-7-21)25(28)22-9-11-24(12-10-22)33(29,30)26-13-15-31-16-14-26/h2-12,17,20H,13-16,18-19H2,1H3/t20-/m1/s1. The van der Waals surface area contributed by atoms with Crippen LogP contribution in [-0.2, 0) is 27.7 Å². The summed E-state index contributed by atoms with van der Waals surface area (Å²) in [5.41, 5.74) is 1.53. The fourth-order valence-electron chi connectivity index (χ4n) is 3.91. The highest BCUT2D eigenvalue weighted by Gasteiger charge is 2.27. The first kappa shape index (κ1) is 23.6. The molecule has 174 valence electrons. The maximum atomic E-state index is 13.5. The lowest BCUT2D eigenvalue weighted by Gasteiger charge is -2.30. The van der Waals surface area contributed by atoms with E-state index >= 15 is 0 Å². The molecule has 33 heavy (non-hydrogen) atoms. The van der Waals surface area contributed by atoms with Crippen LogP contribution in [0.1, 0.15) is 27.7 Å². The van der Waals surface area contributed by atoms with Crippen molar-refractivity contribution in [2.75, 3.05) is 26.3 Å².